The maximum Gasteiger partial charge on any atom is 0.294 e. The molecule has 1 fully saturated rings. The van der Waals surface area contributed by atoms with Crippen LogP contribution >= 0.6 is 0 Å². The fourth-order valence-corrected chi connectivity index (χ4v) is 6.20. The highest BCUT2D eigenvalue weighted by molar-refractivity contribution is 6.25. The molecule has 3 aliphatic rings. The molecule has 4 rings (SSSR count). The van der Waals surface area contributed by atoms with E-state index in [0.717, 1.165) is 0 Å². The molecule has 0 radical (unpaired) electrons. The Morgan fingerprint density at radius 1 is 1.20 bits per heavy atom. The molecule has 0 heterocycles. The summed E-state index contributed by atoms with van der Waals surface area (Å²) in [6.07, 6.45) is -1.66. The summed E-state index contributed by atoms with van der Waals surface area (Å²) in [5, 5.41) is 68.1. The Morgan fingerprint density at radius 3 is 2.46 bits per heavy atom. The van der Waals surface area contributed by atoms with Crippen LogP contribution in [0, 0.1) is 22.0 Å². The monoisotopic (exact) mass is 576 g/mol. The molecule has 6 N–H and O–H groups in total. The van der Waals surface area contributed by atoms with Crippen molar-refractivity contribution in [3.05, 3.63) is 56.3 Å². The van der Waals surface area contributed by atoms with E-state index in [0.29, 0.717) is 5.56 Å². The van der Waals surface area contributed by atoms with Gasteiger partial charge in [-0.15, -0.1) is 10.1 Å². The van der Waals surface area contributed by atoms with Crippen LogP contribution in [0.5, 0.6) is 5.75 Å². The molecular formula is C26H32N4O11. The number of amides is 1. The summed E-state index contributed by atoms with van der Waals surface area (Å²) in [5.41, 5.74) is -3.97. The Bertz CT molecular complexity index is 1370. The molecule has 0 aliphatic heterocycles. The Labute approximate surface area is 234 Å². The summed E-state index contributed by atoms with van der Waals surface area (Å²) in [6.45, 7) is 1.11. The van der Waals surface area contributed by atoms with Crippen molar-refractivity contribution in [3.63, 3.8) is 0 Å². The predicted molar refractivity (Wildman–Crippen MR) is 140 cm³/mol. The van der Waals surface area contributed by atoms with Gasteiger partial charge in [-0.1, -0.05) is 19.1 Å². The second-order valence-corrected chi connectivity index (χ2v) is 10.7. The Balaban J connectivity index is 1.79. The van der Waals surface area contributed by atoms with Crippen LogP contribution in [0.3, 0.4) is 0 Å². The number of benzene rings is 1. The number of aromatic hydroxyl groups is 1. The minimum Gasteiger partial charge on any atom is -0.508 e. The Kier molecular flexibility index (Phi) is 7.84. The number of ketones is 2. The molecular weight excluding hydrogens is 544 g/mol. The van der Waals surface area contributed by atoms with Gasteiger partial charge in [0.25, 0.3) is 11.0 Å². The number of likely N-dealkylation sites (N-methyl/N-ethyl adjacent to an activating group) is 2. The van der Waals surface area contributed by atoms with Crippen molar-refractivity contribution in [1.29, 1.82) is 0 Å². The maximum absolute atomic E-state index is 14.0. The third-order valence-corrected chi connectivity index (χ3v) is 8.15. The highest BCUT2D eigenvalue weighted by Crippen LogP contribution is 2.55. The van der Waals surface area contributed by atoms with Gasteiger partial charge in [-0.2, -0.15) is 0 Å². The number of nitrogens with one attached hydrogen (secondary N) is 1. The minimum absolute atomic E-state index is 0.0125. The molecule has 0 bridgehead atoms. The molecule has 6 atom stereocenters. The fraction of sp³-hybridized carbons (Fsp3) is 0.500. The molecule has 1 aromatic carbocycles. The third-order valence-electron chi connectivity index (χ3n) is 8.15. The summed E-state index contributed by atoms with van der Waals surface area (Å²) >= 11 is 0. The number of hydrogen-bond donors (Lipinski definition) is 6. The Morgan fingerprint density at radius 2 is 1.85 bits per heavy atom. The lowest BCUT2D eigenvalue weighted by Gasteiger charge is -2.53. The van der Waals surface area contributed by atoms with Crippen molar-refractivity contribution >= 4 is 23.2 Å². The lowest BCUT2D eigenvalue weighted by atomic mass is 9.54. The van der Waals surface area contributed by atoms with Crippen molar-refractivity contribution < 1.29 is 49.8 Å². The average molecular weight is 577 g/mol. The first kappa shape index (κ1) is 29.9. The number of aliphatic hydroxyl groups is 4. The maximum atomic E-state index is 14.0. The molecule has 222 valence electrons. The van der Waals surface area contributed by atoms with Gasteiger partial charge in [0.1, 0.15) is 29.4 Å². The molecule has 41 heavy (non-hydrogen) atoms. The van der Waals surface area contributed by atoms with Crippen LogP contribution in [0.15, 0.2) is 35.1 Å². The summed E-state index contributed by atoms with van der Waals surface area (Å²) in [6, 6.07) is 3.00. The largest absolute Gasteiger partial charge is 0.508 e. The van der Waals surface area contributed by atoms with E-state index in [1.165, 1.54) is 43.1 Å². The normalized spacial score (nSPS) is 29.3. The van der Waals surface area contributed by atoms with Crippen molar-refractivity contribution in [2.45, 2.75) is 30.6 Å². The molecule has 3 aliphatic carbocycles. The lowest BCUT2D eigenvalue weighted by Crippen LogP contribution is -2.70. The van der Waals surface area contributed by atoms with Gasteiger partial charge in [0.15, 0.2) is 11.4 Å². The number of Topliss-reactive ketones (excluding diaryl/α,β-unsaturated/α-hetero) is 2. The van der Waals surface area contributed by atoms with E-state index in [1.54, 1.807) is 13.0 Å². The van der Waals surface area contributed by atoms with E-state index >= 15 is 0 Å². The zero-order valence-electron chi connectivity index (χ0n) is 22.8. The van der Waals surface area contributed by atoms with E-state index in [-0.39, 0.29) is 31.1 Å². The number of nitrogens with zero attached hydrogens (tertiary/aromatic N) is 3. The molecule has 15 nitrogen and oxygen atoms in total. The van der Waals surface area contributed by atoms with Gasteiger partial charge < -0.3 is 35.7 Å². The summed E-state index contributed by atoms with van der Waals surface area (Å²) in [4.78, 5) is 58.1. The molecule has 1 aromatic rings. The van der Waals surface area contributed by atoms with Gasteiger partial charge >= 0.3 is 0 Å². The van der Waals surface area contributed by atoms with Crippen molar-refractivity contribution in [3.8, 4) is 5.75 Å². The standard InChI is InChI=1S/C26H32N4O11/c1-11-12-6-5-7-13(31)15(12)20(32)16-14(11)21(33)18-19(28(2)3)22(34)17(24(36)26(18,38)23(16)35)25(37)27-10-29(4)8-9-41-30(39)40/h5-7,11,14,18-19,21,31-33,36,38H,8-10H2,1-4H3,(H,27,37)/t11-,14+,18+,19-,21-,26-/m0/s1. The minimum atomic E-state index is -2.98. The number of phenolic OH excluding ortho intramolecular Hbond substituents is 1. The smallest absolute Gasteiger partial charge is 0.294 e. The highest BCUT2D eigenvalue weighted by Gasteiger charge is 2.68. The molecule has 0 spiro atoms. The number of fused-ring (bicyclic) bond motifs is 3. The van der Waals surface area contributed by atoms with Crippen LogP contribution in [-0.4, -0.2) is 117 Å². The molecule has 0 saturated heterocycles. The molecule has 15 heteroatoms. The van der Waals surface area contributed by atoms with Crippen LogP contribution in [0.25, 0.3) is 5.76 Å². The first-order valence-electron chi connectivity index (χ1n) is 12.7. The van der Waals surface area contributed by atoms with E-state index in [1.807, 2.05) is 0 Å². The van der Waals surface area contributed by atoms with Crippen molar-refractivity contribution in [2.24, 2.45) is 11.8 Å². The van der Waals surface area contributed by atoms with E-state index in [2.05, 4.69) is 10.2 Å². The van der Waals surface area contributed by atoms with Gasteiger partial charge in [-0.3, -0.25) is 24.2 Å². The number of carbonyl (C=O) groups excluding carboxylic acids is 3. The van der Waals surface area contributed by atoms with Gasteiger partial charge in [0.05, 0.1) is 30.3 Å². The quantitative estimate of drug-likeness (QED) is 0.0969. The topological polar surface area (TPSA) is 223 Å². The van der Waals surface area contributed by atoms with Gasteiger partial charge in [0.2, 0.25) is 5.78 Å². The Hall–Kier alpha value is -4.05. The van der Waals surface area contributed by atoms with Gasteiger partial charge in [0, 0.05) is 18.0 Å². The van der Waals surface area contributed by atoms with Crippen molar-refractivity contribution in [1.82, 2.24) is 15.1 Å². The molecule has 0 unspecified atom stereocenters. The first-order valence-corrected chi connectivity index (χ1v) is 12.7. The summed E-state index contributed by atoms with van der Waals surface area (Å²) in [7, 11) is 4.38. The zero-order chi connectivity index (χ0) is 30.5. The van der Waals surface area contributed by atoms with Gasteiger partial charge in [-0.05, 0) is 38.7 Å². The molecule has 1 saturated carbocycles. The SMILES string of the molecule is C[C@H]1c2cccc(O)c2C(O)=C2C(=O)[C@]3(O)C(O)=C(C(=O)NCN(C)CCO[N+](=O)[O-])C(=O)[C@@H](N(C)C)[C@@H]3[C@@H](O)[C@@H]21. The summed E-state index contributed by atoms with van der Waals surface area (Å²) in [5.74, 6) is -9.02. The van der Waals surface area contributed by atoms with Crippen molar-refractivity contribution in [2.75, 3.05) is 41.0 Å². The van der Waals surface area contributed by atoms with Crippen LogP contribution in [-0.2, 0) is 19.2 Å². The number of rotatable bonds is 8. The van der Waals surface area contributed by atoms with Crippen LogP contribution in [0.1, 0.15) is 24.0 Å². The van der Waals surface area contributed by atoms with Crippen LogP contribution < -0.4 is 5.32 Å². The van der Waals surface area contributed by atoms with E-state index in [9.17, 15) is 50.0 Å². The predicted octanol–water partition coefficient (Wildman–Crippen LogP) is -0.776. The van der Waals surface area contributed by atoms with Gasteiger partial charge in [-0.25, -0.2) is 0 Å². The number of hydrogen-bond acceptors (Lipinski definition) is 13. The second-order valence-electron chi connectivity index (χ2n) is 10.7. The highest BCUT2D eigenvalue weighted by atomic mass is 16.9. The third kappa shape index (κ3) is 4.60. The zero-order valence-corrected chi connectivity index (χ0v) is 22.8. The van der Waals surface area contributed by atoms with Crippen LogP contribution in [0.2, 0.25) is 0 Å². The van der Waals surface area contributed by atoms with E-state index < -0.39 is 80.7 Å². The molecule has 1 amide bonds. The average Bonchev–Trinajstić information content (AvgIpc) is 2.89. The number of aliphatic hydroxyl groups excluding tert-OH is 3. The number of phenols is 1. The fourth-order valence-electron chi connectivity index (χ4n) is 6.20. The first-order chi connectivity index (χ1) is 19.2. The lowest BCUT2D eigenvalue weighted by molar-refractivity contribution is -0.757. The number of carbonyl (C=O) groups is 3. The molecule has 0 aromatic heterocycles. The van der Waals surface area contributed by atoms with Crippen LogP contribution in [0.4, 0.5) is 0 Å². The summed E-state index contributed by atoms with van der Waals surface area (Å²) < 4.78 is 0. The van der Waals surface area contributed by atoms with E-state index in [4.69, 9.17) is 0 Å². The second kappa shape index (κ2) is 10.7.